The number of carbonyl (C=O) groups excluding carboxylic acids is 2. The maximum atomic E-state index is 13.6. The molecule has 10 nitrogen and oxygen atoms in total. The Hall–Kier alpha value is -4.92. The van der Waals surface area contributed by atoms with Gasteiger partial charge in [0.15, 0.2) is 0 Å². The fourth-order valence-corrected chi connectivity index (χ4v) is 7.70. The molecular formula is C50H46CaF2N2O8. The summed E-state index contributed by atoms with van der Waals surface area (Å²) in [4.78, 5) is 31.0. The summed E-state index contributed by atoms with van der Waals surface area (Å²) in [5, 5.41) is 63.3. The fourth-order valence-electron chi connectivity index (χ4n) is 7.70. The molecule has 63 heavy (non-hydrogen) atoms. The molecule has 0 bridgehead atoms. The van der Waals surface area contributed by atoms with Gasteiger partial charge in [-0.25, -0.2) is 8.78 Å². The fraction of sp³-hybridized carbons (Fsp3) is 0.280. The molecule has 0 saturated heterocycles. The molecule has 2 saturated carbocycles. The van der Waals surface area contributed by atoms with E-state index in [0.717, 1.165) is 92.3 Å². The van der Waals surface area contributed by atoms with Gasteiger partial charge in [-0.1, -0.05) is 85.0 Å². The molecule has 2 fully saturated rings. The van der Waals surface area contributed by atoms with E-state index in [1.165, 1.54) is 24.3 Å². The van der Waals surface area contributed by atoms with Gasteiger partial charge in [0.1, 0.15) is 11.6 Å². The minimum Gasteiger partial charge on any atom is -0.550 e. The van der Waals surface area contributed by atoms with Crippen LogP contribution >= 0.6 is 0 Å². The second-order valence-corrected chi connectivity index (χ2v) is 16.0. The van der Waals surface area contributed by atoms with E-state index in [4.69, 9.17) is 9.97 Å². The maximum absolute atomic E-state index is 13.6. The Labute approximate surface area is 393 Å². The number of rotatable bonds is 16. The molecule has 6 aromatic rings. The van der Waals surface area contributed by atoms with E-state index in [2.05, 4.69) is 0 Å². The smallest absolute Gasteiger partial charge is 0.550 e. The van der Waals surface area contributed by atoms with Crippen LogP contribution in [0.4, 0.5) is 8.78 Å². The standard InChI is InChI=1S/2C25H24FNO4.Ca/c2*26-17-9-7-15(8-10-17)24-20-3-1-2-4-22(20)27-25(16-5-6-16)21(24)12-11-18(28)13-19(29)14-23(30)31;/h2*1-4,7-12,16,18-19,28-29H,5-6,13-14H2,(H,30,31);/q;;+2/p-2. The van der Waals surface area contributed by atoms with E-state index >= 15 is 0 Å². The van der Waals surface area contributed by atoms with Crippen molar-refractivity contribution in [3.63, 3.8) is 0 Å². The van der Waals surface area contributed by atoms with Crippen molar-refractivity contribution in [2.24, 2.45) is 0 Å². The van der Waals surface area contributed by atoms with Crippen LogP contribution in [0, 0.1) is 11.6 Å². The van der Waals surface area contributed by atoms with Crippen LogP contribution in [0.25, 0.3) is 56.2 Å². The molecule has 0 spiro atoms. The third-order valence-electron chi connectivity index (χ3n) is 10.9. The molecule has 2 aliphatic rings. The van der Waals surface area contributed by atoms with Gasteiger partial charge in [0.05, 0.1) is 46.8 Å². The summed E-state index contributed by atoms with van der Waals surface area (Å²) in [5.41, 5.74) is 8.76. The van der Waals surface area contributed by atoms with E-state index in [1.807, 2.05) is 48.5 Å². The van der Waals surface area contributed by atoms with E-state index in [0.29, 0.717) is 11.8 Å². The van der Waals surface area contributed by atoms with E-state index < -0.39 is 49.2 Å². The number of hydrogen-bond acceptors (Lipinski definition) is 10. The second kappa shape index (κ2) is 21.6. The van der Waals surface area contributed by atoms with Crippen LogP contribution in [-0.4, -0.2) is 104 Å². The largest absolute Gasteiger partial charge is 2.00 e. The van der Waals surface area contributed by atoms with Crippen molar-refractivity contribution in [2.75, 3.05) is 0 Å². The van der Waals surface area contributed by atoms with Gasteiger partial charge in [-0.05, 0) is 73.2 Å². The van der Waals surface area contributed by atoms with Crippen molar-refractivity contribution in [3.8, 4) is 22.3 Å². The number of aliphatic hydroxyl groups excluding tert-OH is 4. The Morgan fingerprint density at radius 2 is 0.937 bits per heavy atom. The molecule has 4 unspecified atom stereocenters. The van der Waals surface area contributed by atoms with Crippen LogP contribution in [0.15, 0.2) is 109 Å². The SMILES string of the molecule is O=C([O-])CC(O)CC(O)C=Cc1c(C2CC2)nc2ccccc2c1-c1ccc(F)cc1.O=C([O-])CC(O)CC(O)C=Cc1c(C2CC2)nc2ccccc2c1-c1ccc(F)cc1.[Ca+2]. The van der Waals surface area contributed by atoms with Gasteiger partial charge >= 0.3 is 37.7 Å². The first-order valence-electron chi connectivity index (χ1n) is 20.7. The number of fused-ring (bicyclic) bond motifs is 2. The maximum Gasteiger partial charge on any atom is 2.00 e. The van der Waals surface area contributed by atoms with Gasteiger partial charge < -0.3 is 40.2 Å². The summed E-state index contributed by atoms with van der Waals surface area (Å²) in [6.07, 6.45) is 5.02. The van der Waals surface area contributed by atoms with Crippen LogP contribution in [0.3, 0.4) is 0 Å². The number of halogens is 2. The summed E-state index contributed by atoms with van der Waals surface area (Å²) >= 11 is 0. The molecule has 2 heterocycles. The van der Waals surface area contributed by atoms with Crippen molar-refractivity contribution in [1.82, 2.24) is 9.97 Å². The van der Waals surface area contributed by atoms with Crippen LogP contribution < -0.4 is 10.2 Å². The predicted molar refractivity (Wildman–Crippen MR) is 235 cm³/mol. The molecule has 2 aromatic heterocycles. The molecule has 4 aromatic carbocycles. The van der Waals surface area contributed by atoms with Gasteiger partial charge in [0.2, 0.25) is 0 Å². The van der Waals surface area contributed by atoms with Crippen molar-refractivity contribution in [3.05, 3.63) is 143 Å². The minimum atomic E-state index is -1.36. The summed E-state index contributed by atoms with van der Waals surface area (Å²) in [6.45, 7) is 0. The Kier molecular flexibility index (Phi) is 16.3. The number of para-hydroxylation sites is 2. The normalized spacial score (nSPS) is 15.7. The number of carboxylic acid groups (broad SMARTS) is 2. The number of benzene rings is 4. The molecule has 4 atom stereocenters. The third kappa shape index (κ3) is 12.6. The zero-order chi connectivity index (χ0) is 43.9. The van der Waals surface area contributed by atoms with Crippen LogP contribution in [0.1, 0.15) is 85.7 Å². The molecule has 0 amide bonds. The number of aliphatic hydroxyl groups is 4. The Balaban J connectivity index is 0.000000206. The summed E-state index contributed by atoms with van der Waals surface area (Å²) in [7, 11) is 0. The quantitative estimate of drug-likeness (QED) is 0.0843. The summed E-state index contributed by atoms with van der Waals surface area (Å²) in [6, 6.07) is 28.1. The number of aliphatic carboxylic acids is 2. The van der Waals surface area contributed by atoms with E-state index in [1.54, 1.807) is 48.6 Å². The van der Waals surface area contributed by atoms with Crippen molar-refractivity contribution in [1.29, 1.82) is 0 Å². The minimum absolute atomic E-state index is 0. The van der Waals surface area contributed by atoms with Crippen LogP contribution in [0.5, 0.6) is 0 Å². The first-order chi connectivity index (χ1) is 29.8. The number of nitrogens with zero attached hydrogens (tertiary/aromatic N) is 2. The first-order valence-corrected chi connectivity index (χ1v) is 20.7. The molecule has 8 rings (SSSR count). The van der Waals surface area contributed by atoms with Crippen molar-refractivity contribution >= 4 is 83.6 Å². The summed E-state index contributed by atoms with van der Waals surface area (Å²) in [5.74, 6) is -2.72. The van der Waals surface area contributed by atoms with Gasteiger partial charge in [0.25, 0.3) is 0 Å². The van der Waals surface area contributed by atoms with Crippen molar-refractivity contribution < 1.29 is 49.0 Å². The van der Waals surface area contributed by atoms with E-state index in [9.17, 15) is 49.0 Å². The van der Waals surface area contributed by atoms with Gasteiger partial charge in [-0.15, -0.1) is 0 Å². The van der Waals surface area contributed by atoms with Crippen LogP contribution in [0.2, 0.25) is 0 Å². The molecule has 2 aliphatic carbocycles. The average Bonchev–Trinajstić information content (AvgIpc) is 4.17. The van der Waals surface area contributed by atoms with E-state index in [-0.39, 0.29) is 62.2 Å². The van der Waals surface area contributed by atoms with Gasteiger partial charge in [-0.2, -0.15) is 0 Å². The number of hydrogen-bond donors (Lipinski definition) is 4. The Bertz CT molecular complexity index is 2430. The van der Waals surface area contributed by atoms with Gasteiger partial charge in [0, 0.05) is 82.5 Å². The Morgan fingerprint density at radius 3 is 1.27 bits per heavy atom. The van der Waals surface area contributed by atoms with Crippen molar-refractivity contribution in [2.45, 2.75) is 87.6 Å². The third-order valence-corrected chi connectivity index (χ3v) is 10.9. The molecule has 320 valence electrons. The monoisotopic (exact) mass is 880 g/mol. The zero-order valence-corrected chi connectivity index (χ0v) is 36.7. The second-order valence-electron chi connectivity index (χ2n) is 16.0. The first kappa shape index (κ1) is 47.6. The van der Waals surface area contributed by atoms with Gasteiger partial charge in [-0.3, -0.25) is 9.97 Å². The summed E-state index contributed by atoms with van der Waals surface area (Å²) < 4.78 is 27.1. The molecule has 13 heteroatoms. The van der Waals surface area contributed by atoms with Crippen LogP contribution in [-0.2, 0) is 9.59 Å². The molecular weight excluding hydrogens is 835 g/mol. The molecule has 0 radical (unpaired) electrons. The number of carboxylic acids is 2. The topological polar surface area (TPSA) is 187 Å². The molecule has 0 aliphatic heterocycles. The predicted octanol–water partition coefficient (Wildman–Crippen LogP) is 5.99. The number of aromatic nitrogens is 2. The average molecular weight is 881 g/mol. The number of pyridine rings is 2. The Morgan fingerprint density at radius 1 is 0.587 bits per heavy atom. The molecule has 4 N–H and O–H groups in total. The zero-order valence-electron chi connectivity index (χ0n) is 34.4. The number of carbonyl (C=O) groups is 2.